The van der Waals surface area contributed by atoms with Gasteiger partial charge in [-0.15, -0.1) is 10.2 Å². The molecular weight excluding hydrogens is 282 g/mol. The van der Waals surface area contributed by atoms with Gasteiger partial charge in [-0.25, -0.2) is 4.98 Å². The van der Waals surface area contributed by atoms with E-state index in [0.29, 0.717) is 0 Å². The second-order valence-electron chi connectivity index (χ2n) is 3.96. The summed E-state index contributed by atoms with van der Waals surface area (Å²) in [5.74, 6) is 1.70. The third kappa shape index (κ3) is 2.46. The molecule has 0 aliphatic carbocycles. The molecule has 0 aliphatic rings. The summed E-state index contributed by atoms with van der Waals surface area (Å²) in [5.41, 5.74) is 1.15. The van der Waals surface area contributed by atoms with Crippen molar-refractivity contribution in [2.45, 2.75) is 19.9 Å². The van der Waals surface area contributed by atoms with Gasteiger partial charge in [0.15, 0.2) is 5.82 Å². The lowest BCUT2D eigenvalue weighted by Gasteiger charge is -2.15. The molecule has 0 saturated carbocycles. The number of hydrogen-bond donors (Lipinski definition) is 1. The Balaban J connectivity index is 2.22. The van der Waals surface area contributed by atoms with Crippen LogP contribution in [0.15, 0.2) is 23.1 Å². The molecule has 2 rings (SSSR count). The van der Waals surface area contributed by atoms with E-state index in [9.17, 15) is 0 Å². The predicted molar refractivity (Wildman–Crippen MR) is 69.7 cm³/mol. The number of hydrogen-bond acceptors (Lipinski definition) is 4. The zero-order valence-electron chi connectivity index (χ0n) is 9.98. The van der Waals surface area contributed by atoms with Crippen molar-refractivity contribution < 1.29 is 0 Å². The number of halogens is 1. The maximum Gasteiger partial charge on any atom is 0.154 e. The fraction of sp³-hybridized carbons (Fsp3) is 0.364. The molecule has 6 heteroatoms. The van der Waals surface area contributed by atoms with Crippen LogP contribution in [0.4, 0.5) is 5.82 Å². The quantitative estimate of drug-likeness (QED) is 0.945. The van der Waals surface area contributed by atoms with Crippen LogP contribution >= 0.6 is 15.9 Å². The second kappa shape index (κ2) is 4.83. The Morgan fingerprint density at radius 3 is 2.88 bits per heavy atom. The van der Waals surface area contributed by atoms with Crippen LogP contribution in [0, 0.1) is 6.92 Å². The van der Waals surface area contributed by atoms with Gasteiger partial charge in [-0.2, -0.15) is 0 Å². The van der Waals surface area contributed by atoms with Gasteiger partial charge in [0.2, 0.25) is 0 Å². The summed E-state index contributed by atoms with van der Waals surface area (Å²) in [6, 6.07) is 2.01. The topological polar surface area (TPSA) is 55.6 Å². The van der Waals surface area contributed by atoms with Gasteiger partial charge in [0, 0.05) is 13.2 Å². The van der Waals surface area contributed by atoms with E-state index >= 15 is 0 Å². The van der Waals surface area contributed by atoms with Crippen LogP contribution in [0.3, 0.4) is 0 Å². The van der Waals surface area contributed by atoms with E-state index in [1.165, 1.54) is 0 Å². The summed E-state index contributed by atoms with van der Waals surface area (Å²) >= 11 is 3.52. The van der Waals surface area contributed by atoms with Gasteiger partial charge < -0.3 is 9.88 Å². The molecule has 1 unspecified atom stereocenters. The monoisotopic (exact) mass is 295 g/mol. The summed E-state index contributed by atoms with van der Waals surface area (Å²) in [6.07, 6.45) is 3.47. The van der Waals surface area contributed by atoms with Crippen LogP contribution in [-0.4, -0.2) is 19.7 Å². The molecule has 1 N–H and O–H groups in total. The van der Waals surface area contributed by atoms with E-state index in [-0.39, 0.29) is 6.04 Å². The van der Waals surface area contributed by atoms with Crippen molar-refractivity contribution in [3.8, 4) is 0 Å². The SMILES string of the molecule is Cc1ccnc(NC(C)c2nncn2C)c1Br. The Morgan fingerprint density at radius 2 is 2.24 bits per heavy atom. The molecule has 0 fully saturated rings. The summed E-state index contributed by atoms with van der Waals surface area (Å²) in [6.45, 7) is 4.06. The van der Waals surface area contributed by atoms with Crippen molar-refractivity contribution in [1.29, 1.82) is 0 Å². The zero-order valence-corrected chi connectivity index (χ0v) is 11.6. The first-order chi connectivity index (χ1) is 8.09. The van der Waals surface area contributed by atoms with Crippen molar-refractivity contribution in [2.24, 2.45) is 7.05 Å². The number of aromatic nitrogens is 4. The first-order valence-electron chi connectivity index (χ1n) is 5.31. The summed E-state index contributed by atoms with van der Waals surface area (Å²) in [7, 11) is 1.92. The molecule has 2 heterocycles. The van der Waals surface area contributed by atoms with Gasteiger partial charge in [0.05, 0.1) is 10.5 Å². The summed E-state index contributed by atoms with van der Waals surface area (Å²) in [4.78, 5) is 4.30. The average Bonchev–Trinajstić information content (AvgIpc) is 2.71. The molecule has 17 heavy (non-hydrogen) atoms. The molecule has 0 amide bonds. The lowest BCUT2D eigenvalue weighted by molar-refractivity contribution is 0.716. The molecule has 0 radical (unpaired) electrons. The molecular formula is C11H14BrN5. The van der Waals surface area contributed by atoms with Crippen molar-refractivity contribution in [3.05, 3.63) is 34.5 Å². The van der Waals surface area contributed by atoms with Gasteiger partial charge in [-0.1, -0.05) is 0 Å². The van der Waals surface area contributed by atoms with Gasteiger partial charge in [0.1, 0.15) is 12.1 Å². The molecule has 0 spiro atoms. The Morgan fingerprint density at radius 1 is 1.47 bits per heavy atom. The standard InChI is InChI=1S/C11H14BrN5/c1-7-4-5-13-10(9(7)12)15-8(2)11-16-14-6-17(11)3/h4-6,8H,1-3H3,(H,13,15). The van der Waals surface area contributed by atoms with E-state index < -0.39 is 0 Å². The number of aryl methyl sites for hydroxylation is 2. The predicted octanol–water partition coefficient (Wildman–Crippen LogP) is 2.45. The summed E-state index contributed by atoms with van der Waals surface area (Å²) in [5, 5.41) is 11.2. The van der Waals surface area contributed by atoms with E-state index in [1.54, 1.807) is 12.5 Å². The molecule has 0 aromatic carbocycles. The van der Waals surface area contributed by atoms with Crippen LogP contribution in [0.5, 0.6) is 0 Å². The van der Waals surface area contributed by atoms with Crippen LogP contribution in [0.25, 0.3) is 0 Å². The average molecular weight is 296 g/mol. The highest BCUT2D eigenvalue weighted by atomic mass is 79.9. The first-order valence-corrected chi connectivity index (χ1v) is 6.10. The maximum atomic E-state index is 4.30. The number of anilines is 1. The van der Waals surface area contributed by atoms with Gasteiger partial charge in [-0.3, -0.25) is 0 Å². The third-order valence-electron chi connectivity index (χ3n) is 2.57. The van der Waals surface area contributed by atoms with E-state index in [4.69, 9.17) is 0 Å². The molecule has 0 aliphatic heterocycles. The molecule has 90 valence electrons. The van der Waals surface area contributed by atoms with E-state index in [2.05, 4.69) is 36.4 Å². The fourth-order valence-electron chi connectivity index (χ4n) is 1.59. The molecule has 1 atom stereocenters. The van der Waals surface area contributed by atoms with Crippen LogP contribution in [0.1, 0.15) is 24.4 Å². The van der Waals surface area contributed by atoms with E-state index in [1.807, 2.05) is 31.5 Å². The largest absolute Gasteiger partial charge is 0.359 e. The highest BCUT2D eigenvalue weighted by Crippen LogP contribution is 2.26. The number of nitrogens with one attached hydrogen (secondary N) is 1. The normalized spacial score (nSPS) is 12.5. The number of pyridine rings is 1. The minimum atomic E-state index is 0.0492. The van der Waals surface area contributed by atoms with E-state index in [0.717, 1.165) is 21.7 Å². The van der Waals surface area contributed by atoms with Gasteiger partial charge in [-0.05, 0) is 41.4 Å². The highest BCUT2D eigenvalue weighted by Gasteiger charge is 2.13. The smallest absolute Gasteiger partial charge is 0.154 e. The molecule has 0 saturated heterocycles. The third-order valence-corrected chi connectivity index (χ3v) is 3.57. The maximum absolute atomic E-state index is 4.30. The number of nitrogens with zero attached hydrogens (tertiary/aromatic N) is 4. The minimum absolute atomic E-state index is 0.0492. The van der Waals surface area contributed by atoms with Crippen molar-refractivity contribution in [3.63, 3.8) is 0 Å². The van der Waals surface area contributed by atoms with Crippen LogP contribution < -0.4 is 5.32 Å². The molecule has 5 nitrogen and oxygen atoms in total. The second-order valence-corrected chi connectivity index (χ2v) is 4.75. The zero-order chi connectivity index (χ0) is 12.4. The molecule has 2 aromatic heterocycles. The Kier molecular flexibility index (Phi) is 3.42. The Labute approximate surface area is 108 Å². The Bertz CT molecular complexity index is 522. The van der Waals surface area contributed by atoms with Crippen molar-refractivity contribution >= 4 is 21.7 Å². The lowest BCUT2D eigenvalue weighted by Crippen LogP contribution is -2.13. The van der Waals surface area contributed by atoms with Crippen LogP contribution in [-0.2, 0) is 7.05 Å². The highest BCUT2D eigenvalue weighted by molar-refractivity contribution is 9.10. The van der Waals surface area contributed by atoms with Crippen LogP contribution in [0.2, 0.25) is 0 Å². The Hall–Kier alpha value is -1.43. The first kappa shape index (κ1) is 12.0. The number of rotatable bonds is 3. The van der Waals surface area contributed by atoms with Crippen molar-refractivity contribution in [2.75, 3.05) is 5.32 Å². The molecule has 2 aromatic rings. The fourth-order valence-corrected chi connectivity index (χ4v) is 1.94. The van der Waals surface area contributed by atoms with Gasteiger partial charge in [0.25, 0.3) is 0 Å². The summed E-state index contributed by atoms with van der Waals surface area (Å²) < 4.78 is 2.87. The lowest BCUT2D eigenvalue weighted by atomic mass is 10.2. The molecule has 0 bridgehead atoms. The van der Waals surface area contributed by atoms with Gasteiger partial charge >= 0.3 is 0 Å². The van der Waals surface area contributed by atoms with Crippen molar-refractivity contribution in [1.82, 2.24) is 19.7 Å². The minimum Gasteiger partial charge on any atom is -0.359 e.